The number of hydrogen-bond donors (Lipinski definition) is 2. The second kappa shape index (κ2) is 7.75. The van der Waals surface area contributed by atoms with Crippen LogP contribution < -0.4 is 5.32 Å². The highest BCUT2D eigenvalue weighted by molar-refractivity contribution is 7.10. The van der Waals surface area contributed by atoms with E-state index in [9.17, 15) is 9.59 Å². The van der Waals surface area contributed by atoms with Crippen molar-refractivity contribution < 1.29 is 14.7 Å². The van der Waals surface area contributed by atoms with E-state index in [1.807, 2.05) is 11.4 Å². The molecular weight excluding hydrogens is 298 g/mol. The molecule has 0 spiro atoms. The van der Waals surface area contributed by atoms with Crippen LogP contribution >= 0.6 is 11.3 Å². The van der Waals surface area contributed by atoms with Gasteiger partial charge in [0, 0.05) is 23.8 Å². The molecule has 1 heterocycles. The highest BCUT2D eigenvalue weighted by atomic mass is 32.1. The molecule has 1 atom stereocenters. The number of hydrogen-bond acceptors (Lipinski definition) is 3. The van der Waals surface area contributed by atoms with Crippen LogP contribution in [-0.4, -0.2) is 23.5 Å². The third-order valence-electron chi connectivity index (χ3n) is 3.48. The van der Waals surface area contributed by atoms with E-state index in [-0.39, 0.29) is 11.5 Å². The van der Waals surface area contributed by atoms with Gasteiger partial charge in [-0.2, -0.15) is 0 Å². The van der Waals surface area contributed by atoms with Gasteiger partial charge in [-0.15, -0.1) is 11.3 Å². The summed E-state index contributed by atoms with van der Waals surface area (Å²) in [5, 5.41) is 13.8. The van der Waals surface area contributed by atoms with Gasteiger partial charge in [0.2, 0.25) is 5.91 Å². The fourth-order valence-corrected chi connectivity index (χ4v) is 2.89. The lowest BCUT2D eigenvalue weighted by Crippen LogP contribution is -2.27. The lowest BCUT2D eigenvalue weighted by molar-refractivity contribution is -0.121. The Morgan fingerprint density at radius 2 is 1.95 bits per heavy atom. The molecule has 0 aliphatic carbocycles. The van der Waals surface area contributed by atoms with Crippen LogP contribution in [0.2, 0.25) is 0 Å². The van der Waals surface area contributed by atoms with Gasteiger partial charge in [-0.05, 0) is 35.6 Å². The van der Waals surface area contributed by atoms with E-state index in [1.165, 1.54) is 4.88 Å². The smallest absolute Gasteiger partial charge is 0.335 e. The minimum absolute atomic E-state index is 0.0192. The normalized spacial score (nSPS) is 11.9. The minimum atomic E-state index is -0.938. The Morgan fingerprint density at radius 1 is 1.23 bits per heavy atom. The lowest BCUT2D eigenvalue weighted by atomic mass is 10.1. The van der Waals surface area contributed by atoms with E-state index in [1.54, 1.807) is 35.6 Å². The SMILES string of the molecule is CC(CNC(=O)CCc1ccc(C(=O)O)cc1)c1cccs1. The monoisotopic (exact) mass is 317 g/mol. The van der Waals surface area contributed by atoms with Crippen molar-refractivity contribution in [2.75, 3.05) is 6.54 Å². The molecule has 116 valence electrons. The van der Waals surface area contributed by atoms with Gasteiger partial charge in [-0.25, -0.2) is 4.79 Å². The van der Waals surface area contributed by atoms with Gasteiger partial charge >= 0.3 is 5.97 Å². The summed E-state index contributed by atoms with van der Waals surface area (Å²) in [6.45, 7) is 2.73. The maximum atomic E-state index is 11.9. The molecule has 0 aliphatic heterocycles. The summed E-state index contributed by atoms with van der Waals surface area (Å²) >= 11 is 1.70. The predicted octanol–water partition coefficient (Wildman–Crippen LogP) is 3.30. The number of carboxylic acid groups (broad SMARTS) is 1. The molecule has 2 rings (SSSR count). The van der Waals surface area contributed by atoms with Crippen molar-refractivity contribution in [3.8, 4) is 0 Å². The molecule has 1 amide bonds. The molecule has 5 heteroatoms. The van der Waals surface area contributed by atoms with E-state index < -0.39 is 5.97 Å². The summed E-state index contributed by atoms with van der Waals surface area (Å²) in [7, 11) is 0. The number of rotatable bonds is 7. The van der Waals surface area contributed by atoms with E-state index in [2.05, 4.69) is 18.3 Å². The minimum Gasteiger partial charge on any atom is -0.478 e. The largest absolute Gasteiger partial charge is 0.478 e. The number of aromatic carboxylic acids is 1. The molecule has 1 aromatic heterocycles. The summed E-state index contributed by atoms with van der Waals surface area (Å²) in [6, 6.07) is 10.7. The molecule has 22 heavy (non-hydrogen) atoms. The zero-order valence-corrected chi connectivity index (χ0v) is 13.2. The van der Waals surface area contributed by atoms with Crippen molar-refractivity contribution in [1.82, 2.24) is 5.32 Å². The van der Waals surface area contributed by atoms with Crippen LogP contribution in [-0.2, 0) is 11.2 Å². The zero-order chi connectivity index (χ0) is 15.9. The molecule has 1 aromatic carbocycles. The van der Waals surface area contributed by atoms with Gasteiger partial charge in [-0.1, -0.05) is 25.1 Å². The average Bonchev–Trinajstić information content (AvgIpc) is 3.05. The summed E-state index contributed by atoms with van der Waals surface area (Å²) in [5.74, 6) is -0.601. The van der Waals surface area contributed by atoms with Crippen LogP contribution in [0.25, 0.3) is 0 Å². The molecule has 0 bridgehead atoms. The van der Waals surface area contributed by atoms with Gasteiger partial charge in [0.25, 0.3) is 0 Å². The third-order valence-corrected chi connectivity index (χ3v) is 4.58. The second-order valence-corrected chi connectivity index (χ2v) is 6.20. The van der Waals surface area contributed by atoms with Crippen LogP contribution in [0.15, 0.2) is 41.8 Å². The van der Waals surface area contributed by atoms with Gasteiger partial charge in [0.05, 0.1) is 5.56 Å². The maximum Gasteiger partial charge on any atom is 0.335 e. The molecule has 4 nitrogen and oxygen atoms in total. The molecule has 1 unspecified atom stereocenters. The Labute approximate surface area is 133 Å². The van der Waals surface area contributed by atoms with Gasteiger partial charge in [0.1, 0.15) is 0 Å². The fourth-order valence-electron chi connectivity index (χ4n) is 2.10. The number of carbonyl (C=O) groups is 2. The second-order valence-electron chi connectivity index (χ2n) is 5.22. The quantitative estimate of drug-likeness (QED) is 0.823. The van der Waals surface area contributed by atoms with Crippen LogP contribution in [0.5, 0.6) is 0 Å². The van der Waals surface area contributed by atoms with Gasteiger partial charge in [0.15, 0.2) is 0 Å². The van der Waals surface area contributed by atoms with Gasteiger partial charge in [-0.3, -0.25) is 4.79 Å². The Kier molecular flexibility index (Phi) is 5.72. The summed E-state index contributed by atoms with van der Waals surface area (Å²) < 4.78 is 0. The first kappa shape index (κ1) is 16.2. The number of carboxylic acids is 1. The first-order chi connectivity index (χ1) is 10.6. The Hall–Kier alpha value is -2.14. The molecule has 2 N–H and O–H groups in total. The van der Waals surface area contributed by atoms with Gasteiger partial charge < -0.3 is 10.4 Å². The number of nitrogens with one attached hydrogen (secondary N) is 1. The summed E-state index contributed by atoms with van der Waals surface area (Å²) in [6.07, 6.45) is 1.02. The van der Waals surface area contributed by atoms with E-state index in [0.717, 1.165) is 5.56 Å². The van der Waals surface area contributed by atoms with Crippen molar-refractivity contribution in [2.45, 2.75) is 25.7 Å². The van der Waals surface area contributed by atoms with E-state index >= 15 is 0 Å². The Morgan fingerprint density at radius 3 is 2.55 bits per heavy atom. The van der Waals surface area contributed by atoms with Crippen molar-refractivity contribution in [1.29, 1.82) is 0 Å². The zero-order valence-electron chi connectivity index (χ0n) is 12.4. The van der Waals surface area contributed by atoms with Crippen molar-refractivity contribution >= 4 is 23.2 Å². The highest BCUT2D eigenvalue weighted by Crippen LogP contribution is 2.19. The molecule has 2 aromatic rings. The van der Waals surface area contributed by atoms with E-state index in [4.69, 9.17) is 5.11 Å². The fraction of sp³-hybridized carbons (Fsp3) is 0.294. The van der Waals surface area contributed by atoms with Crippen molar-refractivity contribution in [3.63, 3.8) is 0 Å². The van der Waals surface area contributed by atoms with Crippen LogP contribution in [0.1, 0.15) is 40.1 Å². The first-order valence-electron chi connectivity index (χ1n) is 7.18. The van der Waals surface area contributed by atoms with Crippen molar-refractivity contribution in [2.24, 2.45) is 0 Å². The number of benzene rings is 1. The molecular formula is C17H19NO3S. The van der Waals surface area contributed by atoms with E-state index in [0.29, 0.717) is 25.3 Å². The number of thiophene rings is 1. The number of aryl methyl sites for hydroxylation is 1. The Balaban J connectivity index is 1.74. The predicted molar refractivity (Wildman–Crippen MR) is 87.5 cm³/mol. The maximum absolute atomic E-state index is 11.9. The Bertz CT molecular complexity index is 620. The number of carbonyl (C=O) groups excluding carboxylic acids is 1. The topological polar surface area (TPSA) is 66.4 Å². The molecule has 0 aliphatic rings. The molecule has 0 fully saturated rings. The molecule has 0 radical (unpaired) electrons. The highest BCUT2D eigenvalue weighted by Gasteiger charge is 2.09. The van der Waals surface area contributed by atoms with Crippen molar-refractivity contribution in [3.05, 3.63) is 57.8 Å². The first-order valence-corrected chi connectivity index (χ1v) is 8.06. The van der Waals surface area contributed by atoms with Crippen LogP contribution in [0, 0.1) is 0 Å². The summed E-state index contributed by atoms with van der Waals surface area (Å²) in [5.41, 5.74) is 1.23. The number of amides is 1. The lowest BCUT2D eigenvalue weighted by Gasteiger charge is -2.11. The average molecular weight is 317 g/mol. The summed E-state index contributed by atoms with van der Waals surface area (Å²) in [4.78, 5) is 23.9. The standard InChI is InChI=1S/C17H19NO3S/c1-12(15-3-2-10-22-15)11-18-16(19)9-6-13-4-7-14(8-5-13)17(20)21/h2-5,7-8,10,12H,6,9,11H2,1H3,(H,18,19)(H,20,21). The third kappa shape index (κ3) is 4.70. The molecule has 0 saturated carbocycles. The molecule has 0 saturated heterocycles. The van der Waals surface area contributed by atoms with Crippen LogP contribution in [0.3, 0.4) is 0 Å². The van der Waals surface area contributed by atoms with Crippen LogP contribution in [0.4, 0.5) is 0 Å².